The van der Waals surface area contributed by atoms with E-state index in [4.69, 9.17) is 19.3 Å². The molecule has 0 saturated heterocycles. The third-order valence-corrected chi connectivity index (χ3v) is 5.24. The van der Waals surface area contributed by atoms with Crippen LogP contribution in [-0.4, -0.2) is 41.1 Å². The Labute approximate surface area is 160 Å². The van der Waals surface area contributed by atoms with Gasteiger partial charge in [0.2, 0.25) is 10.7 Å². The van der Waals surface area contributed by atoms with E-state index in [0.717, 1.165) is 32.5 Å². The van der Waals surface area contributed by atoms with Crippen molar-refractivity contribution in [2.45, 2.75) is 6.92 Å². The number of methoxy groups -OCH3 is 3. The van der Waals surface area contributed by atoms with Gasteiger partial charge in [0.15, 0.2) is 17.3 Å². The average Bonchev–Trinajstić information content (AvgIpc) is 3.28. The standard InChI is InChI=1S/C19H18N4O3S/c1-11-7-5-6-8-13(11)17-20-21-19-23(17)22-18(27-19)12-9-14(24-2)16(26-4)15(10-12)25-3/h5-10H,1-4H3. The fraction of sp³-hybridized carbons (Fsp3) is 0.211. The van der Waals surface area contributed by atoms with E-state index < -0.39 is 0 Å². The van der Waals surface area contributed by atoms with Crippen molar-refractivity contribution < 1.29 is 14.2 Å². The van der Waals surface area contributed by atoms with Crippen LogP contribution in [0, 0.1) is 6.92 Å². The number of nitrogens with zero attached hydrogens (tertiary/aromatic N) is 4. The average molecular weight is 382 g/mol. The molecule has 0 unspecified atom stereocenters. The Hall–Kier alpha value is -3.13. The van der Waals surface area contributed by atoms with Crippen molar-refractivity contribution in [3.05, 3.63) is 42.0 Å². The van der Waals surface area contributed by atoms with Gasteiger partial charge in [-0.05, 0) is 24.6 Å². The molecule has 2 aromatic heterocycles. The highest BCUT2D eigenvalue weighted by Gasteiger charge is 2.19. The van der Waals surface area contributed by atoms with E-state index in [1.165, 1.54) is 11.3 Å². The maximum Gasteiger partial charge on any atom is 0.235 e. The molecule has 2 aromatic carbocycles. The Morgan fingerprint density at radius 2 is 1.63 bits per heavy atom. The van der Waals surface area contributed by atoms with Crippen LogP contribution in [0.1, 0.15) is 5.56 Å². The van der Waals surface area contributed by atoms with Crippen LogP contribution in [0.2, 0.25) is 0 Å². The maximum absolute atomic E-state index is 5.44. The van der Waals surface area contributed by atoms with Crippen LogP contribution in [0.25, 0.3) is 26.9 Å². The number of ether oxygens (including phenoxy) is 3. The van der Waals surface area contributed by atoms with Gasteiger partial charge < -0.3 is 14.2 Å². The lowest BCUT2D eigenvalue weighted by molar-refractivity contribution is 0.324. The van der Waals surface area contributed by atoms with Gasteiger partial charge in [-0.2, -0.15) is 9.61 Å². The number of rotatable bonds is 5. The summed E-state index contributed by atoms with van der Waals surface area (Å²) in [6.07, 6.45) is 0. The van der Waals surface area contributed by atoms with Crippen molar-refractivity contribution in [1.29, 1.82) is 0 Å². The minimum absolute atomic E-state index is 0.548. The van der Waals surface area contributed by atoms with E-state index >= 15 is 0 Å². The van der Waals surface area contributed by atoms with E-state index in [2.05, 4.69) is 10.2 Å². The van der Waals surface area contributed by atoms with E-state index in [9.17, 15) is 0 Å². The van der Waals surface area contributed by atoms with Crippen molar-refractivity contribution in [3.8, 4) is 39.2 Å². The molecule has 0 N–H and O–H groups in total. The number of hydrogen-bond acceptors (Lipinski definition) is 7. The molecule has 0 fully saturated rings. The zero-order chi connectivity index (χ0) is 19.0. The van der Waals surface area contributed by atoms with Gasteiger partial charge in [0.25, 0.3) is 0 Å². The van der Waals surface area contributed by atoms with Crippen LogP contribution in [0.5, 0.6) is 17.2 Å². The van der Waals surface area contributed by atoms with E-state index in [-0.39, 0.29) is 0 Å². The molecular weight excluding hydrogens is 364 g/mol. The predicted molar refractivity (Wildman–Crippen MR) is 104 cm³/mol. The van der Waals surface area contributed by atoms with Gasteiger partial charge in [-0.3, -0.25) is 0 Å². The number of aromatic nitrogens is 4. The molecule has 0 aliphatic heterocycles. The van der Waals surface area contributed by atoms with Crippen molar-refractivity contribution in [2.24, 2.45) is 0 Å². The Morgan fingerprint density at radius 1 is 0.926 bits per heavy atom. The van der Waals surface area contributed by atoms with Crippen LogP contribution >= 0.6 is 11.3 Å². The first-order valence-corrected chi connectivity index (χ1v) is 9.06. The summed E-state index contributed by atoms with van der Waals surface area (Å²) in [5.41, 5.74) is 2.98. The summed E-state index contributed by atoms with van der Waals surface area (Å²) in [6, 6.07) is 11.8. The minimum atomic E-state index is 0.548. The highest BCUT2D eigenvalue weighted by molar-refractivity contribution is 7.19. The predicted octanol–water partition coefficient (Wildman–Crippen LogP) is 3.85. The Kier molecular flexibility index (Phi) is 4.41. The SMILES string of the molecule is COc1cc(-c2nn3c(-c4ccccc4C)nnc3s2)cc(OC)c1OC. The molecule has 4 rings (SSSR count). The first-order chi connectivity index (χ1) is 13.2. The topological polar surface area (TPSA) is 70.8 Å². The summed E-state index contributed by atoms with van der Waals surface area (Å²) < 4.78 is 18.0. The van der Waals surface area contributed by atoms with Gasteiger partial charge >= 0.3 is 0 Å². The molecule has 27 heavy (non-hydrogen) atoms. The fourth-order valence-electron chi connectivity index (χ4n) is 2.93. The monoisotopic (exact) mass is 382 g/mol. The third kappa shape index (κ3) is 2.87. The molecule has 0 amide bonds. The molecule has 4 aromatic rings. The first-order valence-electron chi connectivity index (χ1n) is 8.25. The van der Waals surface area contributed by atoms with Gasteiger partial charge in [0.1, 0.15) is 5.01 Å². The van der Waals surface area contributed by atoms with Crippen molar-refractivity contribution >= 4 is 16.3 Å². The van der Waals surface area contributed by atoms with E-state index in [0.29, 0.717) is 17.2 Å². The highest BCUT2D eigenvalue weighted by atomic mass is 32.1. The summed E-state index contributed by atoms with van der Waals surface area (Å²) >= 11 is 1.45. The molecule has 2 heterocycles. The molecule has 0 spiro atoms. The van der Waals surface area contributed by atoms with Crippen LogP contribution in [0.3, 0.4) is 0 Å². The van der Waals surface area contributed by atoms with Gasteiger partial charge in [-0.1, -0.05) is 35.6 Å². The second kappa shape index (κ2) is 6.88. The number of benzene rings is 2. The third-order valence-electron chi connectivity index (χ3n) is 4.29. The number of fused-ring (bicyclic) bond motifs is 1. The normalized spacial score (nSPS) is 11.0. The molecule has 0 bridgehead atoms. The van der Waals surface area contributed by atoms with Crippen molar-refractivity contribution in [2.75, 3.05) is 21.3 Å². The first kappa shape index (κ1) is 17.3. The second-order valence-electron chi connectivity index (χ2n) is 5.85. The molecule has 0 saturated carbocycles. The van der Waals surface area contributed by atoms with Gasteiger partial charge in [-0.25, -0.2) is 0 Å². The minimum Gasteiger partial charge on any atom is -0.493 e. The van der Waals surface area contributed by atoms with Crippen LogP contribution < -0.4 is 14.2 Å². The fourth-order valence-corrected chi connectivity index (χ4v) is 3.76. The Morgan fingerprint density at radius 3 is 2.26 bits per heavy atom. The summed E-state index contributed by atoms with van der Waals surface area (Å²) in [4.78, 5) is 0.719. The van der Waals surface area contributed by atoms with Gasteiger partial charge in [0.05, 0.1) is 21.3 Å². The summed E-state index contributed by atoms with van der Waals surface area (Å²) in [6.45, 7) is 2.04. The maximum atomic E-state index is 5.44. The quantitative estimate of drug-likeness (QED) is 0.522. The molecule has 8 heteroatoms. The zero-order valence-corrected chi connectivity index (χ0v) is 16.2. The van der Waals surface area contributed by atoms with E-state index in [1.54, 1.807) is 25.8 Å². The molecule has 7 nitrogen and oxygen atoms in total. The zero-order valence-electron chi connectivity index (χ0n) is 15.4. The summed E-state index contributed by atoms with van der Waals surface area (Å²) in [5.74, 6) is 2.43. The molecule has 0 radical (unpaired) electrons. The van der Waals surface area contributed by atoms with Crippen molar-refractivity contribution in [3.63, 3.8) is 0 Å². The van der Waals surface area contributed by atoms with Crippen LogP contribution in [0.15, 0.2) is 36.4 Å². The second-order valence-corrected chi connectivity index (χ2v) is 6.81. The largest absolute Gasteiger partial charge is 0.493 e. The Balaban J connectivity index is 1.86. The van der Waals surface area contributed by atoms with Gasteiger partial charge in [-0.15, -0.1) is 10.2 Å². The van der Waals surface area contributed by atoms with E-state index in [1.807, 2.05) is 43.3 Å². The summed E-state index contributed by atoms with van der Waals surface area (Å²) in [5, 5.41) is 14.1. The molecule has 0 aliphatic rings. The van der Waals surface area contributed by atoms with Crippen LogP contribution in [0.4, 0.5) is 0 Å². The van der Waals surface area contributed by atoms with Crippen LogP contribution in [-0.2, 0) is 0 Å². The molecular formula is C19H18N4O3S. The highest BCUT2D eigenvalue weighted by Crippen LogP contribution is 2.42. The number of aryl methyl sites for hydroxylation is 1. The molecule has 0 atom stereocenters. The molecule has 138 valence electrons. The molecule has 0 aliphatic carbocycles. The number of hydrogen-bond donors (Lipinski definition) is 0. The lowest BCUT2D eigenvalue weighted by atomic mass is 10.1. The van der Waals surface area contributed by atoms with Crippen molar-refractivity contribution in [1.82, 2.24) is 19.8 Å². The smallest absolute Gasteiger partial charge is 0.235 e. The lowest BCUT2D eigenvalue weighted by Crippen LogP contribution is -1.96. The Bertz CT molecular complexity index is 1090. The summed E-state index contributed by atoms with van der Waals surface area (Å²) in [7, 11) is 4.77. The van der Waals surface area contributed by atoms with Gasteiger partial charge in [0, 0.05) is 11.1 Å². The lowest BCUT2D eigenvalue weighted by Gasteiger charge is -2.13.